The Morgan fingerprint density at radius 2 is 2.43 bits per heavy atom. The van der Waals surface area contributed by atoms with E-state index in [1.807, 2.05) is 17.7 Å². The molecule has 1 aliphatic rings. The summed E-state index contributed by atoms with van der Waals surface area (Å²) in [6.45, 7) is 2.94. The van der Waals surface area contributed by atoms with Gasteiger partial charge in [-0.3, -0.25) is 10.1 Å². The van der Waals surface area contributed by atoms with Gasteiger partial charge in [0.15, 0.2) is 0 Å². The van der Waals surface area contributed by atoms with E-state index >= 15 is 0 Å². The third-order valence-corrected chi connectivity index (χ3v) is 4.24. The Kier molecular flexibility index (Phi) is 4.84. The van der Waals surface area contributed by atoms with Gasteiger partial charge >= 0.3 is 0 Å². The molecule has 0 bridgehead atoms. The van der Waals surface area contributed by atoms with Crippen LogP contribution >= 0.6 is 11.6 Å². The predicted octanol–water partition coefficient (Wildman–Crippen LogP) is 2.75. The van der Waals surface area contributed by atoms with E-state index < -0.39 is 6.10 Å². The summed E-state index contributed by atoms with van der Waals surface area (Å²) in [4.78, 5) is 16.7. The Balaban J connectivity index is 1.63. The molecule has 0 spiro atoms. The molecular weight excluding hydrogens is 318 g/mol. The molecule has 1 aromatic heterocycles. The first kappa shape index (κ1) is 16.2. The summed E-state index contributed by atoms with van der Waals surface area (Å²) >= 11 is 5.97. The SMILES string of the molecule is C[C@@H](OC[C@H]1CCCO1)C(=O)Nc1nc2cc(Cl)ccc2n1C. The van der Waals surface area contributed by atoms with E-state index in [1.54, 1.807) is 19.1 Å². The van der Waals surface area contributed by atoms with E-state index in [4.69, 9.17) is 21.1 Å². The molecule has 2 atom stereocenters. The molecule has 0 saturated carbocycles. The molecule has 1 saturated heterocycles. The van der Waals surface area contributed by atoms with Crippen molar-refractivity contribution < 1.29 is 14.3 Å². The number of nitrogens with one attached hydrogen (secondary N) is 1. The third kappa shape index (κ3) is 3.65. The summed E-state index contributed by atoms with van der Waals surface area (Å²) in [6.07, 6.45) is 1.57. The zero-order chi connectivity index (χ0) is 16.4. The highest BCUT2D eigenvalue weighted by molar-refractivity contribution is 6.31. The van der Waals surface area contributed by atoms with Crippen LogP contribution in [0.2, 0.25) is 5.02 Å². The van der Waals surface area contributed by atoms with Crippen molar-refractivity contribution in [3.05, 3.63) is 23.2 Å². The first-order valence-corrected chi connectivity index (χ1v) is 8.08. The van der Waals surface area contributed by atoms with Crippen LogP contribution in [0.25, 0.3) is 11.0 Å². The van der Waals surface area contributed by atoms with Crippen LogP contribution in [0.3, 0.4) is 0 Å². The lowest BCUT2D eigenvalue weighted by molar-refractivity contribution is -0.128. The molecule has 1 fully saturated rings. The smallest absolute Gasteiger partial charge is 0.255 e. The van der Waals surface area contributed by atoms with Gasteiger partial charge in [0, 0.05) is 18.7 Å². The largest absolute Gasteiger partial charge is 0.376 e. The van der Waals surface area contributed by atoms with Crippen molar-refractivity contribution in [1.82, 2.24) is 9.55 Å². The lowest BCUT2D eigenvalue weighted by atomic mass is 10.2. The number of carbonyl (C=O) groups excluding carboxylic acids is 1. The molecule has 124 valence electrons. The number of hydrogen-bond acceptors (Lipinski definition) is 4. The molecule has 23 heavy (non-hydrogen) atoms. The summed E-state index contributed by atoms with van der Waals surface area (Å²) in [5, 5.41) is 3.41. The lowest BCUT2D eigenvalue weighted by Crippen LogP contribution is -2.31. The quantitative estimate of drug-likeness (QED) is 0.911. The summed E-state index contributed by atoms with van der Waals surface area (Å²) in [5.41, 5.74) is 1.64. The Morgan fingerprint density at radius 3 is 3.17 bits per heavy atom. The second-order valence-electron chi connectivity index (χ2n) is 5.73. The number of aromatic nitrogens is 2. The number of ether oxygens (including phenoxy) is 2. The van der Waals surface area contributed by atoms with Gasteiger partial charge in [0.25, 0.3) is 5.91 Å². The highest BCUT2D eigenvalue weighted by atomic mass is 35.5. The minimum absolute atomic E-state index is 0.100. The molecular formula is C16H20ClN3O3. The number of halogens is 1. The number of carbonyl (C=O) groups is 1. The fraction of sp³-hybridized carbons (Fsp3) is 0.500. The summed E-state index contributed by atoms with van der Waals surface area (Å²) < 4.78 is 12.9. The van der Waals surface area contributed by atoms with Crippen LogP contribution in [0.15, 0.2) is 18.2 Å². The van der Waals surface area contributed by atoms with Gasteiger partial charge in [-0.1, -0.05) is 11.6 Å². The van der Waals surface area contributed by atoms with Crippen molar-refractivity contribution >= 4 is 34.5 Å². The van der Waals surface area contributed by atoms with E-state index in [0.29, 0.717) is 17.6 Å². The molecule has 1 aliphatic heterocycles. The van der Waals surface area contributed by atoms with Crippen LogP contribution in [-0.2, 0) is 21.3 Å². The topological polar surface area (TPSA) is 65.4 Å². The molecule has 2 heterocycles. The summed E-state index contributed by atoms with van der Waals surface area (Å²) in [5.74, 6) is 0.243. The minimum Gasteiger partial charge on any atom is -0.376 e. The number of hydrogen-bond donors (Lipinski definition) is 1. The maximum Gasteiger partial charge on any atom is 0.255 e. The number of nitrogens with zero attached hydrogens (tertiary/aromatic N) is 2. The molecule has 0 unspecified atom stereocenters. The van der Waals surface area contributed by atoms with Crippen molar-refractivity contribution in [3.63, 3.8) is 0 Å². The predicted molar refractivity (Wildman–Crippen MR) is 88.7 cm³/mol. The van der Waals surface area contributed by atoms with Crippen LogP contribution in [0.1, 0.15) is 19.8 Å². The Hall–Kier alpha value is -1.63. The van der Waals surface area contributed by atoms with Crippen LogP contribution in [0.5, 0.6) is 0 Å². The molecule has 6 nitrogen and oxygen atoms in total. The van der Waals surface area contributed by atoms with Crippen molar-refractivity contribution in [2.75, 3.05) is 18.5 Å². The maximum atomic E-state index is 12.3. The second-order valence-corrected chi connectivity index (χ2v) is 6.16. The van der Waals surface area contributed by atoms with E-state index in [9.17, 15) is 4.79 Å². The zero-order valence-electron chi connectivity index (χ0n) is 13.2. The fourth-order valence-corrected chi connectivity index (χ4v) is 2.77. The van der Waals surface area contributed by atoms with Crippen molar-refractivity contribution in [1.29, 1.82) is 0 Å². The van der Waals surface area contributed by atoms with Gasteiger partial charge in [-0.15, -0.1) is 0 Å². The van der Waals surface area contributed by atoms with Crippen LogP contribution < -0.4 is 5.32 Å². The number of imidazole rings is 1. The number of amides is 1. The normalized spacial score (nSPS) is 19.2. The van der Waals surface area contributed by atoms with Gasteiger partial charge in [-0.25, -0.2) is 4.98 Å². The van der Waals surface area contributed by atoms with Crippen LogP contribution in [0.4, 0.5) is 5.95 Å². The number of aryl methyl sites for hydroxylation is 1. The molecule has 1 aromatic carbocycles. The molecule has 1 N–H and O–H groups in total. The van der Waals surface area contributed by atoms with Gasteiger partial charge in [0.2, 0.25) is 5.95 Å². The third-order valence-electron chi connectivity index (χ3n) is 4.00. The molecule has 0 radical (unpaired) electrons. The lowest BCUT2D eigenvalue weighted by Gasteiger charge is -2.15. The molecule has 2 aromatic rings. The number of fused-ring (bicyclic) bond motifs is 1. The van der Waals surface area contributed by atoms with Gasteiger partial charge in [-0.2, -0.15) is 0 Å². The molecule has 7 heteroatoms. The monoisotopic (exact) mass is 337 g/mol. The Labute approximate surface area is 139 Å². The molecule has 0 aliphatic carbocycles. The van der Waals surface area contributed by atoms with Gasteiger partial charge in [-0.05, 0) is 38.0 Å². The minimum atomic E-state index is -0.567. The standard InChI is InChI=1S/C16H20ClN3O3/c1-10(23-9-12-4-3-7-22-12)15(21)19-16-18-13-8-11(17)5-6-14(13)20(16)2/h5-6,8,10,12H,3-4,7,9H2,1-2H3,(H,18,19,21)/t10-,12-/m1/s1. The van der Waals surface area contributed by atoms with Crippen molar-refractivity contribution in [3.8, 4) is 0 Å². The first-order valence-electron chi connectivity index (χ1n) is 7.70. The Bertz CT molecular complexity index is 710. The Morgan fingerprint density at radius 1 is 1.61 bits per heavy atom. The van der Waals surface area contributed by atoms with Gasteiger partial charge in [0.05, 0.1) is 23.7 Å². The summed E-state index contributed by atoms with van der Waals surface area (Å²) in [6, 6.07) is 5.44. The first-order chi connectivity index (χ1) is 11.0. The van der Waals surface area contributed by atoms with Crippen LogP contribution in [-0.4, -0.2) is 40.9 Å². The number of benzene rings is 1. The number of rotatable bonds is 5. The van der Waals surface area contributed by atoms with Gasteiger partial charge in [0.1, 0.15) is 6.10 Å². The highest BCUT2D eigenvalue weighted by Crippen LogP contribution is 2.22. The maximum absolute atomic E-state index is 12.3. The average Bonchev–Trinajstić information content (AvgIpc) is 3.14. The van der Waals surface area contributed by atoms with Crippen molar-refractivity contribution in [2.24, 2.45) is 7.05 Å². The van der Waals surface area contributed by atoms with E-state index in [0.717, 1.165) is 30.5 Å². The zero-order valence-corrected chi connectivity index (χ0v) is 14.0. The second kappa shape index (κ2) is 6.86. The van der Waals surface area contributed by atoms with Crippen LogP contribution in [0, 0.1) is 0 Å². The highest BCUT2D eigenvalue weighted by Gasteiger charge is 2.21. The van der Waals surface area contributed by atoms with Gasteiger partial charge < -0.3 is 14.0 Å². The number of anilines is 1. The van der Waals surface area contributed by atoms with Crippen molar-refractivity contribution in [2.45, 2.75) is 32.0 Å². The van der Waals surface area contributed by atoms with E-state index in [1.165, 1.54) is 0 Å². The fourth-order valence-electron chi connectivity index (χ4n) is 2.60. The van der Waals surface area contributed by atoms with E-state index in [-0.39, 0.29) is 12.0 Å². The molecule has 3 rings (SSSR count). The van der Waals surface area contributed by atoms with E-state index in [2.05, 4.69) is 10.3 Å². The average molecular weight is 338 g/mol. The molecule has 1 amide bonds. The summed E-state index contributed by atoms with van der Waals surface area (Å²) in [7, 11) is 1.84.